The molecule has 0 aliphatic rings. The lowest BCUT2D eigenvalue weighted by atomic mass is 10.1. The van der Waals surface area contributed by atoms with Gasteiger partial charge in [-0.05, 0) is 24.9 Å². The van der Waals surface area contributed by atoms with Crippen molar-refractivity contribution < 1.29 is 0 Å². The van der Waals surface area contributed by atoms with Crippen molar-refractivity contribution in [1.82, 2.24) is 14.7 Å². The van der Waals surface area contributed by atoms with E-state index in [0.29, 0.717) is 0 Å². The molecule has 0 saturated heterocycles. The number of hydrogen-bond acceptors (Lipinski definition) is 3. The molecule has 0 bridgehead atoms. The highest BCUT2D eigenvalue weighted by molar-refractivity contribution is 7.15. The second kappa shape index (κ2) is 5.99. The standard InChI is InChI=1S/C15H17N3S/c1-2-5-13(6-3-1)7-4-8-16-11-14-12-18-9-10-19-15(18)17-14/h1-3,5-6,9-10,12,16H,4,7-8,11H2. The highest BCUT2D eigenvalue weighted by atomic mass is 32.1. The van der Waals surface area contributed by atoms with E-state index in [-0.39, 0.29) is 0 Å². The number of aromatic nitrogens is 2. The van der Waals surface area contributed by atoms with Crippen molar-refractivity contribution >= 4 is 16.3 Å². The first-order valence-electron chi connectivity index (χ1n) is 6.57. The topological polar surface area (TPSA) is 29.3 Å². The van der Waals surface area contributed by atoms with Crippen LogP contribution in [-0.2, 0) is 13.0 Å². The van der Waals surface area contributed by atoms with Crippen LogP contribution in [-0.4, -0.2) is 15.9 Å². The minimum absolute atomic E-state index is 0.850. The second-order valence-corrected chi connectivity index (χ2v) is 5.46. The van der Waals surface area contributed by atoms with Crippen LogP contribution in [0.25, 0.3) is 4.96 Å². The van der Waals surface area contributed by atoms with Gasteiger partial charge in [-0.25, -0.2) is 4.98 Å². The van der Waals surface area contributed by atoms with Gasteiger partial charge in [-0.2, -0.15) is 0 Å². The number of nitrogens with one attached hydrogen (secondary N) is 1. The van der Waals surface area contributed by atoms with E-state index in [2.05, 4.69) is 56.6 Å². The molecule has 0 aliphatic carbocycles. The van der Waals surface area contributed by atoms with E-state index in [1.165, 1.54) is 5.56 Å². The van der Waals surface area contributed by atoms with Gasteiger partial charge >= 0.3 is 0 Å². The molecule has 2 aromatic heterocycles. The first kappa shape index (κ1) is 12.4. The van der Waals surface area contributed by atoms with Crippen molar-refractivity contribution in [3.63, 3.8) is 0 Å². The molecule has 0 spiro atoms. The zero-order valence-electron chi connectivity index (χ0n) is 10.7. The number of fused-ring (bicyclic) bond motifs is 1. The summed E-state index contributed by atoms with van der Waals surface area (Å²) >= 11 is 1.67. The second-order valence-electron chi connectivity index (χ2n) is 4.59. The summed E-state index contributed by atoms with van der Waals surface area (Å²) in [4.78, 5) is 5.62. The van der Waals surface area contributed by atoms with Crippen molar-refractivity contribution in [2.45, 2.75) is 19.4 Å². The van der Waals surface area contributed by atoms with Crippen LogP contribution in [0.5, 0.6) is 0 Å². The predicted molar refractivity (Wildman–Crippen MR) is 79.5 cm³/mol. The van der Waals surface area contributed by atoms with E-state index in [4.69, 9.17) is 0 Å². The van der Waals surface area contributed by atoms with E-state index < -0.39 is 0 Å². The molecular formula is C15H17N3S. The van der Waals surface area contributed by atoms with E-state index in [9.17, 15) is 0 Å². The summed E-state index contributed by atoms with van der Waals surface area (Å²) in [6.45, 7) is 1.88. The number of rotatable bonds is 6. The van der Waals surface area contributed by atoms with E-state index in [1.54, 1.807) is 11.3 Å². The van der Waals surface area contributed by atoms with Gasteiger partial charge in [-0.1, -0.05) is 30.3 Å². The number of hydrogen-bond donors (Lipinski definition) is 1. The first-order valence-corrected chi connectivity index (χ1v) is 7.45. The van der Waals surface area contributed by atoms with Crippen LogP contribution in [0.2, 0.25) is 0 Å². The van der Waals surface area contributed by atoms with Crippen LogP contribution in [0.15, 0.2) is 48.1 Å². The Morgan fingerprint density at radius 1 is 1.21 bits per heavy atom. The lowest BCUT2D eigenvalue weighted by Crippen LogP contribution is -2.15. The Hall–Kier alpha value is -1.65. The van der Waals surface area contributed by atoms with E-state index in [1.807, 2.05) is 6.20 Å². The summed E-state index contributed by atoms with van der Waals surface area (Å²) < 4.78 is 2.08. The van der Waals surface area contributed by atoms with Crippen molar-refractivity contribution in [3.8, 4) is 0 Å². The molecule has 1 N–H and O–H groups in total. The summed E-state index contributed by atoms with van der Waals surface area (Å²) in [6.07, 6.45) is 6.43. The molecule has 0 atom stereocenters. The number of benzene rings is 1. The van der Waals surface area contributed by atoms with E-state index >= 15 is 0 Å². The van der Waals surface area contributed by atoms with Crippen LogP contribution in [0.4, 0.5) is 0 Å². The molecule has 1 aromatic carbocycles. The highest BCUT2D eigenvalue weighted by Crippen LogP contribution is 2.11. The SMILES string of the molecule is c1ccc(CCCNCc2cn3ccsc3n2)cc1. The first-order chi connectivity index (χ1) is 9.42. The summed E-state index contributed by atoms with van der Waals surface area (Å²) in [7, 11) is 0. The fourth-order valence-electron chi connectivity index (χ4n) is 2.14. The molecule has 0 amide bonds. The third kappa shape index (κ3) is 3.22. The van der Waals surface area contributed by atoms with Crippen LogP contribution in [0.1, 0.15) is 17.7 Å². The molecule has 3 nitrogen and oxygen atoms in total. The van der Waals surface area contributed by atoms with Crippen LogP contribution >= 0.6 is 11.3 Å². The lowest BCUT2D eigenvalue weighted by molar-refractivity contribution is 0.643. The number of imidazole rings is 1. The maximum absolute atomic E-state index is 4.55. The molecule has 0 aliphatic heterocycles. The molecule has 0 fully saturated rings. The molecule has 0 unspecified atom stereocenters. The van der Waals surface area contributed by atoms with Gasteiger partial charge in [0.15, 0.2) is 4.96 Å². The Labute approximate surface area is 116 Å². The summed E-state index contributed by atoms with van der Waals surface area (Å²) in [6, 6.07) is 10.6. The zero-order valence-corrected chi connectivity index (χ0v) is 11.6. The minimum Gasteiger partial charge on any atom is -0.311 e. The number of thiazole rings is 1. The van der Waals surface area contributed by atoms with Crippen LogP contribution in [0.3, 0.4) is 0 Å². The summed E-state index contributed by atoms with van der Waals surface area (Å²) in [5.41, 5.74) is 2.53. The Kier molecular flexibility index (Phi) is 3.91. The number of aryl methyl sites for hydroxylation is 1. The van der Waals surface area contributed by atoms with Gasteiger partial charge in [0.05, 0.1) is 5.69 Å². The highest BCUT2D eigenvalue weighted by Gasteiger charge is 2.01. The molecule has 98 valence electrons. The minimum atomic E-state index is 0.850. The third-order valence-electron chi connectivity index (χ3n) is 3.11. The lowest BCUT2D eigenvalue weighted by Gasteiger charge is -2.03. The monoisotopic (exact) mass is 271 g/mol. The predicted octanol–water partition coefficient (Wildman–Crippen LogP) is 3.12. The van der Waals surface area contributed by atoms with E-state index in [0.717, 1.165) is 36.6 Å². The van der Waals surface area contributed by atoms with Crippen molar-refractivity contribution in [1.29, 1.82) is 0 Å². The van der Waals surface area contributed by atoms with Crippen LogP contribution < -0.4 is 5.32 Å². The smallest absolute Gasteiger partial charge is 0.193 e. The van der Waals surface area contributed by atoms with Gasteiger partial charge in [0.1, 0.15) is 0 Å². The maximum Gasteiger partial charge on any atom is 0.193 e. The molecule has 19 heavy (non-hydrogen) atoms. The van der Waals surface area contributed by atoms with Gasteiger partial charge < -0.3 is 5.32 Å². The average molecular weight is 271 g/mol. The normalized spacial score (nSPS) is 11.2. The number of nitrogens with zero attached hydrogens (tertiary/aromatic N) is 2. The quantitative estimate of drug-likeness (QED) is 0.698. The van der Waals surface area contributed by atoms with Gasteiger partial charge in [-0.3, -0.25) is 4.40 Å². The molecule has 4 heteroatoms. The molecule has 3 rings (SSSR count). The van der Waals surface area contributed by atoms with Crippen molar-refractivity contribution in [2.75, 3.05) is 6.54 Å². The maximum atomic E-state index is 4.55. The Bertz CT molecular complexity index is 598. The Morgan fingerprint density at radius 2 is 2.11 bits per heavy atom. The third-order valence-corrected chi connectivity index (χ3v) is 3.88. The summed E-state index contributed by atoms with van der Waals surface area (Å²) in [5.74, 6) is 0. The Balaban J connectivity index is 1.40. The fraction of sp³-hybridized carbons (Fsp3) is 0.267. The largest absolute Gasteiger partial charge is 0.311 e. The van der Waals surface area contributed by atoms with Crippen molar-refractivity contribution in [2.24, 2.45) is 0 Å². The van der Waals surface area contributed by atoms with Gasteiger partial charge in [0.2, 0.25) is 0 Å². The van der Waals surface area contributed by atoms with Crippen LogP contribution in [0, 0.1) is 0 Å². The van der Waals surface area contributed by atoms with Gasteiger partial charge in [0, 0.05) is 24.3 Å². The van der Waals surface area contributed by atoms with Gasteiger partial charge in [-0.15, -0.1) is 11.3 Å². The molecule has 3 aromatic rings. The molecular weight excluding hydrogens is 254 g/mol. The average Bonchev–Trinajstić information content (AvgIpc) is 3.00. The van der Waals surface area contributed by atoms with Gasteiger partial charge in [0.25, 0.3) is 0 Å². The zero-order chi connectivity index (χ0) is 12.9. The fourth-order valence-corrected chi connectivity index (χ4v) is 2.86. The Morgan fingerprint density at radius 3 is 2.95 bits per heavy atom. The molecule has 0 radical (unpaired) electrons. The molecule has 2 heterocycles. The summed E-state index contributed by atoms with van der Waals surface area (Å²) in [5, 5.41) is 5.51. The molecule has 0 saturated carbocycles. The van der Waals surface area contributed by atoms with Crippen molar-refractivity contribution in [3.05, 3.63) is 59.4 Å².